The van der Waals surface area contributed by atoms with Gasteiger partial charge >= 0.3 is 6.03 Å². The number of carbonyl (C=O) groups is 1. The van der Waals surface area contributed by atoms with Crippen molar-refractivity contribution in [2.24, 2.45) is 0 Å². The molecule has 0 bridgehead atoms. The number of methoxy groups -OCH3 is 1. The third-order valence-corrected chi connectivity index (χ3v) is 4.14. The van der Waals surface area contributed by atoms with Crippen LogP contribution in [0.4, 0.5) is 10.5 Å². The van der Waals surface area contributed by atoms with Gasteiger partial charge in [0.1, 0.15) is 17.9 Å². The first kappa shape index (κ1) is 19.3. The average molecular weight is 385 g/mol. The number of hydrogen-bond donors (Lipinski definition) is 2. The Hall–Kier alpha value is -3.43. The van der Waals surface area contributed by atoms with Crippen molar-refractivity contribution in [2.75, 3.05) is 12.4 Å². The number of rotatable bonds is 7. The first-order valence-electron chi connectivity index (χ1n) is 9.01. The number of aryl methyl sites for hydroxylation is 2. The number of urea groups is 1. The highest BCUT2D eigenvalue weighted by Gasteiger charge is 2.17. The fourth-order valence-electron chi connectivity index (χ4n) is 2.72. The van der Waals surface area contributed by atoms with E-state index in [2.05, 4.69) is 30.9 Å². The standard InChI is InChI=1S/C18H23N7O3/c1-5-15-23-24-17(28-15)12-7-8-14(27-4)13(9-12)22-18(26)21-11(3)16-19-10-20-25(16)6-2/h7-11H,5-6H2,1-4H3,(H2,21,22,26)/t11-/m0/s1. The highest BCUT2D eigenvalue weighted by Crippen LogP contribution is 2.30. The van der Waals surface area contributed by atoms with E-state index >= 15 is 0 Å². The van der Waals surface area contributed by atoms with E-state index in [1.807, 2.05) is 20.8 Å². The summed E-state index contributed by atoms with van der Waals surface area (Å²) in [5.41, 5.74) is 1.17. The van der Waals surface area contributed by atoms with E-state index in [1.165, 1.54) is 13.4 Å². The second kappa shape index (κ2) is 8.51. The molecule has 10 nitrogen and oxygen atoms in total. The van der Waals surface area contributed by atoms with Crippen LogP contribution >= 0.6 is 0 Å². The van der Waals surface area contributed by atoms with Gasteiger partial charge in [0.25, 0.3) is 0 Å². The Morgan fingerprint density at radius 2 is 2.14 bits per heavy atom. The first-order valence-corrected chi connectivity index (χ1v) is 9.01. The van der Waals surface area contributed by atoms with Crippen molar-refractivity contribution in [3.05, 3.63) is 36.2 Å². The lowest BCUT2D eigenvalue weighted by Crippen LogP contribution is -2.32. The quantitative estimate of drug-likeness (QED) is 0.641. The van der Waals surface area contributed by atoms with Crippen LogP contribution in [-0.4, -0.2) is 38.1 Å². The van der Waals surface area contributed by atoms with Gasteiger partial charge in [-0.15, -0.1) is 10.2 Å². The van der Waals surface area contributed by atoms with E-state index in [0.29, 0.717) is 47.6 Å². The molecule has 1 aromatic carbocycles. The van der Waals surface area contributed by atoms with E-state index in [0.717, 1.165) is 0 Å². The van der Waals surface area contributed by atoms with Crippen molar-refractivity contribution in [1.29, 1.82) is 0 Å². The molecule has 28 heavy (non-hydrogen) atoms. The lowest BCUT2D eigenvalue weighted by molar-refractivity contribution is 0.248. The van der Waals surface area contributed by atoms with Crippen LogP contribution in [0, 0.1) is 0 Å². The zero-order chi connectivity index (χ0) is 20.1. The van der Waals surface area contributed by atoms with Crippen molar-refractivity contribution in [1.82, 2.24) is 30.3 Å². The number of anilines is 1. The molecule has 3 aromatic rings. The van der Waals surface area contributed by atoms with Gasteiger partial charge in [-0.3, -0.25) is 0 Å². The molecule has 2 N–H and O–H groups in total. The minimum absolute atomic E-state index is 0.320. The first-order chi connectivity index (χ1) is 13.5. The largest absolute Gasteiger partial charge is 0.495 e. The van der Waals surface area contributed by atoms with Crippen molar-refractivity contribution in [3.63, 3.8) is 0 Å². The molecule has 0 saturated carbocycles. The van der Waals surface area contributed by atoms with Gasteiger partial charge in [-0.2, -0.15) is 5.10 Å². The molecule has 2 aromatic heterocycles. The summed E-state index contributed by atoms with van der Waals surface area (Å²) in [5.74, 6) is 2.12. The Kier molecular flexibility index (Phi) is 5.87. The fourth-order valence-corrected chi connectivity index (χ4v) is 2.72. The van der Waals surface area contributed by atoms with Gasteiger partial charge in [0.15, 0.2) is 0 Å². The zero-order valence-corrected chi connectivity index (χ0v) is 16.3. The van der Waals surface area contributed by atoms with E-state index in [9.17, 15) is 4.79 Å². The van der Waals surface area contributed by atoms with Crippen LogP contribution in [0.3, 0.4) is 0 Å². The molecular weight excluding hydrogens is 362 g/mol. The summed E-state index contributed by atoms with van der Waals surface area (Å²) in [4.78, 5) is 16.7. The summed E-state index contributed by atoms with van der Waals surface area (Å²) in [7, 11) is 1.53. The van der Waals surface area contributed by atoms with Crippen LogP contribution in [-0.2, 0) is 13.0 Å². The molecule has 0 saturated heterocycles. The number of nitrogens with zero attached hydrogens (tertiary/aromatic N) is 5. The SMILES string of the molecule is CCc1nnc(-c2ccc(OC)c(NC(=O)N[C@@H](C)c3ncnn3CC)c2)o1. The maximum Gasteiger partial charge on any atom is 0.319 e. The summed E-state index contributed by atoms with van der Waals surface area (Å²) in [6.07, 6.45) is 2.12. The van der Waals surface area contributed by atoms with Crippen LogP contribution < -0.4 is 15.4 Å². The maximum absolute atomic E-state index is 12.5. The van der Waals surface area contributed by atoms with E-state index < -0.39 is 6.03 Å². The highest BCUT2D eigenvalue weighted by atomic mass is 16.5. The minimum Gasteiger partial charge on any atom is -0.495 e. The van der Waals surface area contributed by atoms with Gasteiger partial charge in [0.05, 0.1) is 18.8 Å². The topological polar surface area (TPSA) is 120 Å². The van der Waals surface area contributed by atoms with Crippen LogP contribution in [0.25, 0.3) is 11.5 Å². The fraction of sp³-hybridized carbons (Fsp3) is 0.389. The Morgan fingerprint density at radius 3 is 2.82 bits per heavy atom. The smallest absolute Gasteiger partial charge is 0.319 e. The van der Waals surface area contributed by atoms with Gasteiger partial charge in [-0.1, -0.05) is 6.92 Å². The molecule has 2 heterocycles. The number of benzene rings is 1. The molecule has 0 aliphatic rings. The Balaban J connectivity index is 1.76. The normalized spacial score (nSPS) is 11.9. The highest BCUT2D eigenvalue weighted by molar-refractivity contribution is 5.92. The summed E-state index contributed by atoms with van der Waals surface area (Å²) in [5, 5.41) is 17.8. The lowest BCUT2D eigenvalue weighted by Gasteiger charge is -2.16. The zero-order valence-electron chi connectivity index (χ0n) is 16.3. The van der Waals surface area contributed by atoms with Crippen LogP contribution in [0.15, 0.2) is 28.9 Å². The van der Waals surface area contributed by atoms with Crippen molar-refractivity contribution < 1.29 is 13.9 Å². The molecule has 3 rings (SSSR count). The van der Waals surface area contributed by atoms with Gasteiger partial charge in [-0.05, 0) is 32.0 Å². The summed E-state index contributed by atoms with van der Waals surface area (Å²) >= 11 is 0. The lowest BCUT2D eigenvalue weighted by atomic mass is 10.2. The molecule has 0 fully saturated rings. The van der Waals surface area contributed by atoms with Crippen LogP contribution in [0.2, 0.25) is 0 Å². The molecule has 0 aliphatic carbocycles. The third kappa shape index (κ3) is 4.11. The molecular formula is C18H23N7O3. The summed E-state index contributed by atoms with van der Waals surface area (Å²) in [6, 6.07) is 4.54. The average Bonchev–Trinajstić information content (AvgIpc) is 3.37. The van der Waals surface area contributed by atoms with Gasteiger partial charge in [0, 0.05) is 18.5 Å². The molecule has 2 amide bonds. The van der Waals surface area contributed by atoms with Crippen molar-refractivity contribution in [3.8, 4) is 17.2 Å². The van der Waals surface area contributed by atoms with E-state index in [1.54, 1.807) is 22.9 Å². The molecule has 148 valence electrons. The van der Waals surface area contributed by atoms with Gasteiger partial charge < -0.3 is 19.8 Å². The second-order valence-corrected chi connectivity index (χ2v) is 6.02. The van der Waals surface area contributed by atoms with Gasteiger partial charge in [0.2, 0.25) is 11.8 Å². The molecule has 0 aliphatic heterocycles. The minimum atomic E-state index is -0.395. The second-order valence-electron chi connectivity index (χ2n) is 6.02. The molecule has 0 unspecified atom stereocenters. The van der Waals surface area contributed by atoms with Crippen LogP contribution in [0.5, 0.6) is 5.75 Å². The number of nitrogens with one attached hydrogen (secondary N) is 2. The van der Waals surface area contributed by atoms with E-state index in [4.69, 9.17) is 9.15 Å². The Morgan fingerprint density at radius 1 is 1.32 bits per heavy atom. The van der Waals surface area contributed by atoms with Crippen molar-refractivity contribution >= 4 is 11.7 Å². The number of aromatic nitrogens is 5. The Labute approximate surface area is 162 Å². The molecule has 1 atom stereocenters. The summed E-state index contributed by atoms with van der Waals surface area (Å²) in [6.45, 7) is 6.41. The van der Waals surface area contributed by atoms with Gasteiger partial charge in [-0.25, -0.2) is 14.5 Å². The van der Waals surface area contributed by atoms with Crippen molar-refractivity contribution in [2.45, 2.75) is 39.8 Å². The monoisotopic (exact) mass is 385 g/mol. The molecule has 0 radical (unpaired) electrons. The number of amides is 2. The number of ether oxygens (including phenoxy) is 1. The van der Waals surface area contributed by atoms with E-state index in [-0.39, 0.29) is 6.04 Å². The number of carbonyl (C=O) groups excluding carboxylic acids is 1. The maximum atomic E-state index is 12.5. The number of hydrogen-bond acceptors (Lipinski definition) is 7. The third-order valence-electron chi connectivity index (χ3n) is 4.14. The molecule has 10 heteroatoms. The molecule has 0 spiro atoms. The Bertz CT molecular complexity index is 950. The summed E-state index contributed by atoms with van der Waals surface area (Å²) < 4.78 is 12.7. The van der Waals surface area contributed by atoms with Crippen LogP contribution in [0.1, 0.15) is 38.5 Å². The predicted octanol–water partition coefficient (Wildman–Crippen LogP) is 2.80. The predicted molar refractivity (Wildman–Crippen MR) is 102 cm³/mol.